The van der Waals surface area contributed by atoms with Crippen LogP contribution in [-0.4, -0.2) is 32.3 Å². The topological polar surface area (TPSA) is 75.3 Å². The predicted octanol–water partition coefficient (Wildman–Crippen LogP) is 2.31. The number of rotatable bonds is 5. The van der Waals surface area contributed by atoms with Gasteiger partial charge < -0.3 is 14.8 Å². The van der Waals surface area contributed by atoms with Gasteiger partial charge in [0, 0.05) is 12.6 Å². The lowest BCUT2D eigenvalue weighted by Gasteiger charge is -2.22. The number of fused-ring (bicyclic) bond motifs is 1. The van der Waals surface area contributed by atoms with Crippen molar-refractivity contribution in [1.82, 2.24) is 9.55 Å². The Morgan fingerprint density at radius 3 is 2.74 bits per heavy atom. The monoisotopic (exact) mass is 262 g/mol. The van der Waals surface area contributed by atoms with Crippen LogP contribution in [0, 0.1) is 5.92 Å². The number of nitrogens with zero attached hydrogens (tertiary/aromatic N) is 2. The molecular weight excluding hydrogens is 244 g/mol. The van der Waals surface area contributed by atoms with E-state index < -0.39 is 5.97 Å². The minimum atomic E-state index is -0.946. The van der Waals surface area contributed by atoms with E-state index >= 15 is 0 Å². The highest BCUT2D eigenvalue weighted by atomic mass is 16.4. The molecule has 0 spiro atoms. The molecule has 1 aromatic carbocycles. The Labute approximate surface area is 111 Å². The van der Waals surface area contributed by atoms with Gasteiger partial charge in [0.25, 0.3) is 0 Å². The number of carboxylic acid groups (broad SMARTS) is 1. The summed E-state index contributed by atoms with van der Waals surface area (Å²) in [7, 11) is 0. The van der Waals surface area contributed by atoms with E-state index in [1.165, 1.54) is 0 Å². The number of hydrogen-bond acceptors (Lipinski definition) is 3. The second-order valence-corrected chi connectivity index (χ2v) is 4.98. The summed E-state index contributed by atoms with van der Waals surface area (Å²) in [6, 6.07) is 5.01. The van der Waals surface area contributed by atoms with Gasteiger partial charge in [-0.3, -0.25) is 0 Å². The second kappa shape index (κ2) is 5.40. The molecular formula is C14H18N2O3. The van der Waals surface area contributed by atoms with Crippen LogP contribution in [0.25, 0.3) is 11.0 Å². The molecule has 0 aliphatic carbocycles. The van der Waals surface area contributed by atoms with E-state index in [2.05, 4.69) is 18.8 Å². The maximum atomic E-state index is 11.0. The number of aromatic carboxylic acids is 1. The molecule has 1 heterocycles. The van der Waals surface area contributed by atoms with Crippen molar-refractivity contribution in [3.8, 4) is 0 Å². The number of aliphatic hydroxyl groups is 1. The quantitative estimate of drug-likeness (QED) is 0.867. The molecule has 0 saturated carbocycles. The minimum Gasteiger partial charge on any atom is -0.478 e. The molecule has 1 unspecified atom stereocenters. The smallest absolute Gasteiger partial charge is 0.335 e. The maximum absolute atomic E-state index is 11.0. The first-order valence-electron chi connectivity index (χ1n) is 6.35. The molecule has 0 aliphatic rings. The van der Waals surface area contributed by atoms with Crippen LogP contribution >= 0.6 is 0 Å². The highest BCUT2D eigenvalue weighted by Gasteiger charge is 2.18. The number of aliphatic hydroxyl groups excluding tert-OH is 1. The number of carboxylic acids is 1. The fourth-order valence-corrected chi connectivity index (χ4v) is 2.35. The van der Waals surface area contributed by atoms with Crippen molar-refractivity contribution in [2.24, 2.45) is 5.92 Å². The van der Waals surface area contributed by atoms with Crippen LogP contribution in [-0.2, 0) is 0 Å². The molecule has 0 bridgehead atoms. The Bertz CT molecular complexity index is 589. The molecule has 0 amide bonds. The van der Waals surface area contributed by atoms with Gasteiger partial charge in [-0.05, 0) is 30.5 Å². The third-order valence-electron chi connectivity index (χ3n) is 3.37. The van der Waals surface area contributed by atoms with E-state index in [1.54, 1.807) is 24.5 Å². The van der Waals surface area contributed by atoms with E-state index in [-0.39, 0.29) is 18.2 Å². The van der Waals surface area contributed by atoms with Crippen molar-refractivity contribution in [1.29, 1.82) is 0 Å². The van der Waals surface area contributed by atoms with Crippen molar-refractivity contribution < 1.29 is 15.0 Å². The van der Waals surface area contributed by atoms with E-state index in [1.807, 2.05) is 4.57 Å². The zero-order valence-corrected chi connectivity index (χ0v) is 11.1. The summed E-state index contributed by atoms with van der Waals surface area (Å²) in [5, 5.41) is 18.2. The minimum absolute atomic E-state index is 0.0984. The SMILES string of the molecule is CC(C)C(CCO)n1cnc2ccc(C(=O)O)cc21. The van der Waals surface area contributed by atoms with Crippen LogP contribution in [0.1, 0.15) is 36.7 Å². The van der Waals surface area contributed by atoms with Crippen molar-refractivity contribution in [2.75, 3.05) is 6.61 Å². The third-order valence-corrected chi connectivity index (χ3v) is 3.37. The molecule has 2 aromatic rings. The fourth-order valence-electron chi connectivity index (χ4n) is 2.35. The first kappa shape index (κ1) is 13.5. The fraction of sp³-hybridized carbons (Fsp3) is 0.429. The van der Waals surface area contributed by atoms with Crippen molar-refractivity contribution in [2.45, 2.75) is 26.3 Å². The van der Waals surface area contributed by atoms with Crippen LogP contribution in [0.5, 0.6) is 0 Å². The summed E-state index contributed by atoms with van der Waals surface area (Å²) in [6.07, 6.45) is 2.34. The van der Waals surface area contributed by atoms with E-state index in [4.69, 9.17) is 5.11 Å². The van der Waals surface area contributed by atoms with E-state index in [0.29, 0.717) is 12.3 Å². The third kappa shape index (κ3) is 2.61. The normalized spacial score (nSPS) is 13.1. The van der Waals surface area contributed by atoms with E-state index in [9.17, 15) is 9.90 Å². The second-order valence-electron chi connectivity index (χ2n) is 4.98. The zero-order valence-electron chi connectivity index (χ0n) is 11.1. The van der Waals surface area contributed by atoms with Gasteiger partial charge in [-0.25, -0.2) is 9.78 Å². The van der Waals surface area contributed by atoms with Crippen LogP contribution in [0.15, 0.2) is 24.5 Å². The van der Waals surface area contributed by atoms with Crippen molar-refractivity contribution in [3.05, 3.63) is 30.1 Å². The lowest BCUT2D eigenvalue weighted by molar-refractivity contribution is 0.0697. The van der Waals surface area contributed by atoms with Crippen LogP contribution in [0.4, 0.5) is 0 Å². The maximum Gasteiger partial charge on any atom is 0.335 e. The Balaban J connectivity index is 2.53. The lowest BCUT2D eigenvalue weighted by atomic mass is 10.0. The molecule has 102 valence electrons. The van der Waals surface area contributed by atoms with Gasteiger partial charge >= 0.3 is 5.97 Å². The van der Waals surface area contributed by atoms with Crippen LogP contribution < -0.4 is 0 Å². The molecule has 1 atom stereocenters. The standard InChI is InChI=1S/C14H18N2O3/c1-9(2)12(5-6-17)16-8-15-11-4-3-10(14(18)19)7-13(11)16/h3-4,7-9,12,17H,5-6H2,1-2H3,(H,18,19). The first-order chi connectivity index (χ1) is 9.04. The number of carbonyl (C=O) groups is 1. The Morgan fingerprint density at radius 2 is 2.16 bits per heavy atom. The molecule has 0 fully saturated rings. The highest BCUT2D eigenvalue weighted by Crippen LogP contribution is 2.26. The average molecular weight is 262 g/mol. The van der Waals surface area contributed by atoms with Gasteiger partial charge in [-0.2, -0.15) is 0 Å². The Kier molecular flexibility index (Phi) is 3.85. The molecule has 0 saturated heterocycles. The molecule has 5 heteroatoms. The molecule has 5 nitrogen and oxygen atoms in total. The summed E-state index contributed by atoms with van der Waals surface area (Å²) in [4.78, 5) is 15.3. The highest BCUT2D eigenvalue weighted by molar-refractivity contribution is 5.92. The van der Waals surface area contributed by atoms with Crippen molar-refractivity contribution >= 4 is 17.0 Å². The van der Waals surface area contributed by atoms with Crippen LogP contribution in [0.3, 0.4) is 0 Å². The zero-order chi connectivity index (χ0) is 14.0. The molecule has 2 rings (SSSR count). The van der Waals surface area contributed by atoms with Gasteiger partial charge in [0.15, 0.2) is 0 Å². The molecule has 1 aromatic heterocycles. The number of aromatic nitrogens is 2. The molecule has 0 aliphatic heterocycles. The lowest BCUT2D eigenvalue weighted by Crippen LogP contribution is -2.16. The van der Waals surface area contributed by atoms with E-state index in [0.717, 1.165) is 11.0 Å². The largest absolute Gasteiger partial charge is 0.478 e. The molecule has 0 radical (unpaired) electrons. The molecule has 19 heavy (non-hydrogen) atoms. The van der Waals surface area contributed by atoms with Gasteiger partial charge in [-0.1, -0.05) is 13.8 Å². The van der Waals surface area contributed by atoms with Crippen molar-refractivity contribution in [3.63, 3.8) is 0 Å². The number of imidazole rings is 1. The number of hydrogen-bond donors (Lipinski definition) is 2. The Morgan fingerprint density at radius 1 is 1.42 bits per heavy atom. The van der Waals surface area contributed by atoms with Gasteiger partial charge in [0.2, 0.25) is 0 Å². The van der Waals surface area contributed by atoms with Gasteiger partial charge in [0.1, 0.15) is 0 Å². The summed E-state index contributed by atoms with van der Waals surface area (Å²) >= 11 is 0. The summed E-state index contributed by atoms with van der Waals surface area (Å²) in [6.45, 7) is 4.25. The molecule has 2 N–H and O–H groups in total. The van der Waals surface area contributed by atoms with Gasteiger partial charge in [0.05, 0.1) is 22.9 Å². The average Bonchev–Trinajstić information content (AvgIpc) is 2.78. The number of benzene rings is 1. The summed E-state index contributed by atoms with van der Waals surface area (Å²) in [5.41, 5.74) is 1.82. The predicted molar refractivity (Wildman–Crippen MR) is 72.3 cm³/mol. The first-order valence-corrected chi connectivity index (χ1v) is 6.35. The summed E-state index contributed by atoms with van der Waals surface area (Å²) in [5.74, 6) is -0.615. The Hall–Kier alpha value is -1.88. The summed E-state index contributed by atoms with van der Waals surface area (Å²) < 4.78 is 1.96. The van der Waals surface area contributed by atoms with Crippen LogP contribution in [0.2, 0.25) is 0 Å². The van der Waals surface area contributed by atoms with Gasteiger partial charge in [-0.15, -0.1) is 0 Å².